The van der Waals surface area contributed by atoms with Crippen molar-refractivity contribution in [3.8, 4) is 0 Å². The number of rotatable bonds is 3. The van der Waals surface area contributed by atoms with Gasteiger partial charge in [0.25, 0.3) is 0 Å². The molecular formula is C13H9F5N2. The molecule has 0 fully saturated rings. The molecule has 1 heterocycles. The van der Waals surface area contributed by atoms with Crippen molar-refractivity contribution in [2.75, 3.05) is 5.32 Å². The molecule has 1 atom stereocenters. The van der Waals surface area contributed by atoms with Crippen LogP contribution in [0.4, 0.5) is 27.6 Å². The van der Waals surface area contributed by atoms with Gasteiger partial charge >= 0.3 is 0 Å². The van der Waals surface area contributed by atoms with Gasteiger partial charge in [0, 0.05) is 6.07 Å². The van der Waals surface area contributed by atoms with Gasteiger partial charge in [0.05, 0.1) is 17.9 Å². The summed E-state index contributed by atoms with van der Waals surface area (Å²) in [7, 11) is 0. The number of nitrogens with zero attached hydrogens (tertiary/aromatic N) is 1. The Morgan fingerprint density at radius 2 is 1.60 bits per heavy atom. The predicted molar refractivity (Wildman–Crippen MR) is 62.5 cm³/mol. The van der Waals surface area contributed by atoms with Crippen molar-refractivity contribution in [3.05, 3.63) is 59.2 Å². The van der Waals surface area contributed by atoms with E-state index in [-0.39, 0.29) is 11.8 Å². The lowest BCUT2D eigenvalue weighted by atomic mass is 10.2. The molecule has 1 aromatic heterocycles. The number of hydrogen-bond donors (Lipinski definition) is 1. The molecule has 2 nitrogen and oxygen atoms in total. The van der Waals surface area contributed by atoms with Crippen LogP contribution in [-0.4, -0.2) is 4.98 Å². The number of halogens is 5. The average Bonchev–Trinajstić information content (AvgIpc) is 2.42. The van der Waals surface area contributed by atoms with Crippen LogP contribution in [-0.2, 0) is 0 Å². The van der Waals surface area contributed by atoms with Gasteiger partial charge in [0.15, 0.2) is 23.3 Å². The van der Waals surface area contributed by atoms with E-state index in [1.54, 1.807) is 0 Å². The van der Waals surface area contributed by atoms with E-state index in [1.165, 1.54) is 13.0 Å². The molecule has 2 aromatic rings. The highest BCUT2D eigenvalue weighted by Gasteiger charge is 2.21. The van der Waals surface area contributed by atoms with Crippen molar-refractivity contribution in [1.29, 1.82) is 0 Å². The molecule has 106 valence electrons. The van der Waals surface area contributed by atoms with Crippen molar-refractivity contribution in [3.63, 3.8) is 0 Å². The molecule has 0 aliphatic rings. The third-order valence-corrected chi connectivity index (χ3v) is 2.67. The van der Waals surface area contributed by atoms with Gasteiger partial charge in [-0.3, -0.25) is 4.98 Å². The number of benzene rings is 1. The Morgan fingerprint density at radius 1 is 1.00 bits per heavy atom. The molecule has 7 heteroatoms. The van der Waals surface area contributed by atoms with Crippen LogP contribution in [0.5, 0.6) is 0 Å². The van der Waals surface area contributed by atoms with Crippen molar-refractivity contribution >= 4 is 5.69 Å². The van der Waals surface area contributed by atoms with E-state index >= 15 is 0 Å². The van der Waals surface area contributed by atoms with E-state index in [9.17, 15) is 22.0 Å². The standard InChI is InChI=1S/C13H9F5N2/c1-6(10-3-2-7(14)5-19-10)20-13-11(17)8(15)4-9(16)12(13)18/h2-6,20H,1H3. The second kappa shape index (κ2) is 5.44. The highest BCUT2D eigenvalue weighted by molar-refractivity contribution is 5.48. The Bertz CT molecular complexity index is 601. The number of nitrogens with one attached hydrogen (secondary N) is 1. The summed E-state index contributed by atoms with van der Waals surface area (Å²) in [6, 6.07) is 1.75. The fourth-order valence-electron chi connectivity index (χ4n) is 1.63. The monoisotopic (exact) mass is 288 g/mol. The maximum atomic E-state index is 13.5. The number of pyridine rings is 1. The molecule has 0 bridgehead atoms. The normalized spacial score (nSPS) is 12.3. The van der Waals surface area contributed by atoms with Gasteiger partial charge in [-0.1, -0.05) is 0 Å². The molecule has 2 rings (SSSR count). The second-order valence-electron chi connectivity index (χ2n) is 4.11. The van der Waals surface area contributed by atoms with Crippen molar-refractivity contribution in [2.45, 2.75) is 13.0 Å². The van der Waals surface area contributed by atoms with E-state index in [0.717, 1.165) is 12.3 Å². The van der Waals surface area contributed by atoms with Gasteiger partial charge in [-0.05, 0) is 19.1 Å². The Balaban J connectivity index is 2.32. The minimum Gasteiger partial charge on any atom is -0.372 e. The van der Waals surface area contributed by atoms with Crippen LogP contribution >= 0.6 is 0 Å². The number of aromatic nitrogens is 1. The molecule has 1 unspecified atom stereocenters. The Morgan fingerprint density at radius 3 is 2.10 bits per heavy atom. The van der Waals surface area contributed by atoms with Crippen LogP contribution in [0.1, 0.15) is 18.7 Å². The van der Waals surface area contributed by atoms with Crippen LogP contribution in [0.2, 0.25) is 0 Å². The molecule has 0 amide bonds. The largest absolute Gasteiger partial charge is 0.372 e. The summed E-state index contributed by atoms with van der Waals surface area (Å²) in [5, 5.41) is 2.28. The summed E-state index contributed by atoms with van der Waals surface area (Å²) in [5.41, 5.74) is -0.670. The van der Waals surface area contributed by atoms with Crippen LogP contribution in [0.15, 0.2) is 24.4 Å². The molecular weight excluding hydrogens is 279 g/mol. The summed E-state index contributed by atoms with van der Waals surface area (Å²) >= 11 is 0. The number of hydrogen-bond acceptors (Lipinski definition) is 2. The van der Waals surface area contributed by atoms with Crippen LogP contribution < -0.4 is 5.32 Å². The van der Waals surface area contributed by atoms with Gasteiger partial charge in [0.2, 0.25) is 0 Å². The van der Waals surface area contributed by atoms with Gasteiger partial charge < -0.3 is 5.32 Å². The summed E-state index contributed by atoms with van der Waals surface area (Å²) in [4.78, 5) is 3.71. The van der Waals surface area contributed by atoms with E-state index in [0.29, 0.717) is 0 Å². The Kier molecular flexibility index (Phi) is 3.87. The fraction of sp³-hybridized carbons (Fsp3) is 0.154. The lowest BCUT2D eigenvalue weighted by Gasteiger charge is -2.16. The van der Waals surface area contributed by atoms with Crippen LogP contribution in [0.25, 0.3) is 0 Å². The molecule has 0 aliphatic heterocycles. The quantitative estimate of drug-likeness (QED) is 0.683. The Hall–Kier alpha value is -2.18. The highest BCUT2D eigenvalue weighted by Crippen LogP contribution is 2.27. The molecule has 0 saturated heterocycles. The van der Waals surface area contributed by atoms with Gasteiger partial charge in [-0.25, -0.2) is 22.0 Å². The third-order valence-electron chi connectivity index (χ3n) is 2.67. The molecule has 0 aliphatic carbocycles. The van der Waals surface area contributed by atoms with E-state index in [1.807, 2.05) is 0 Å². The first-order valence-electron chi connectivity index (χ1n) is 5.61. The first kappa shape index (κ1) is 14.2. The number of anilines is 1. The molecule has 0 spiro atoms. The maximum Gasteiger partial charge on any atom is 0.185 e. The SMILES string of the molecule is CC(Nc1c(F)c(F)cc(F)c1F)c1ccc(F)cn1. The van der Waals surface area contributed by atoms with Crippen LogP contribution in [0.3, 0.4) is 0 Å². The third kappa shape index (κ3) is 2.71. The lowest BCUT2D eigenvalue weighted by molar-refractivity contribution is 0.457. The van der Waals surface area contributed by atoms with E-state index < -0.39 is 40.8 Å². The predicted octanol–water partition coefficient (Wildman–Crippen LogP) is 3.95. The van der Waals surface area contributed by atoms with Gasteiger partial charge in [-0.15, -0.1) is 0 Å². The first-order valence-corrected chi connectivity index (χ1v) is 5.61. The molecule has 1 aromatic carbocycles. The fourth-order valence-corrected chi connectivity index (χ4v) is 1.63. The molecule has 1 N–H and O–H groups in total. The minimum atomic E-state index is -1.53. The van der Waals surface area contributed by atoms with E-state index in [2.05, 4.69) is 10.3 Å². The summed E-state index contributed by atoms with van der Waals surface area (Å²) in [6.07, 6.45) is 0.923. The molecule has 0 saturated carbocycles. The summed E-state index contributed by atoms with van der Waals surface area (Å²) < 4.78 is 65.7. The first-order chi connectivity index (χ1) is 9.40. The minimum absolute atomic E-state index is 0.122. The zero-order valence-corrected chi connectivity index (χ0v) is 10.2. The molecule has 20 heavy (non-hydrogen) atoms. The van der Waals surface area contributed by atoms with Crippen molar-refractivity contribution in [2.24, 2.45) is 0 Å². The summed E-state index contributed by atoms with van der Waals surface area (Å²) in [6.45, 7) is 1.46. The topological polar surface area (TPSA) is 24.9 Å². The average molecular weight is 288 g/mol. The smallest absolute Gasteiger partial charge is 0.185 e. The van der Waals surface area contributed by atoms with Crippen LogP contribution in [0, 0.1) is 29.1 Å². The van der Waals surface area contributed by atoms with Crippen molar-refractivity contribution in [1.82, 2.24) is 4.98 Å². The lowest BCUT2D eigenvalue weighted by Crippen LogP contribution is -2.13. The zero-order valence-electron chi connectivity index (χ0n) is 10.2. The van der Waals surface area contributed by atoms with Crippen molar-refractivity contribution < 1.29 is 22.0 Å². The molecule has 0 radical (unpaired) electrons. The van der Waals surface area contributed by atoms with Gasteiger partial charge in [0.1, 0.15) is 11.5 Å². The maximum absolute atomic E-state index is 13.5. The Labute approximate surface area is 111 Å². The highest BCUT2D eigenvalue weighted by atomic mass is 19.2. The van der Waals surface area contributed by atoms with Gasteiger partial charge in [-0.2, -0.15) is 0 Å². The van der Waals surface area contributed by atoms with E-state index in [4.69, 9.17) is 0 Å². The zero-order chi connectivity index (χ0) is 14.9. The second-order valence-corrected chi connectivity index (χ2v) is 4.11. The summed E-state index contributed by atoms with van der Waals surface area (Å²) in [5.74, 6) is -6.65.